The molecule has 1 amide bonds. The number of alkyl halides is 1. The van der Waals surface area contributed by atoms with Crippen LogP contribution in [0.15, 0.2) is 30.3 Å². The first-order chi connectivity index (χ1) is 8.20. The number of nitrogens with one attached hydrogen (secondary N) is 1. The number of amides is 1. The topological polar surface area (TPSA) is 55.4 Å². The molecule has 0 aromatic heterocycles. The summed E-state index contributed by atoms with van der Waals surface area (Å²) in [6.45, 7) is 0. The van der Waals surface area contributed by atoms with E-state index < -0.39 is 12.0 Å². The quantitative estimate of drug-likeness (QED) is 0.653. The zero-order valence-electron chi connectivity index (χ0n) is 9.06. The molecule has 0 spiro atoms. The molecule has 0 bridgehead atoms. The fraction of sp³-hybridized carbons (Fsp3) is 0.333. The summed E-state index contributed by atoms with van der Waals surface area (Å²) in [5, 5.41) is 2.64. The molecule has 0 unspecified atom stereocenters. The van der Waals surface area contributed by atoms with E-state index >= 15 is 0 Å². The maximum absolute atomic E-state index is 11.8. The van der Waals surface area contributed by atoms with E-state index in [0.29, 0.717) is 12.0 Å². The van der Waals surface area contributed by atoms with Gasteiger partial charge in [-0.15, -0.1) is 11.6 Å². The Hall–Kier alpha value is -1.55. The van der Waals surface area contributed by atoms with Crippen LogP contribution in [0.3, 0.4) is 0 Å². The van der Waals surface area contributed by atoms with Crippen LogP contribution in [0.25, 0.3) is 0 Å². The molecular weight excluding hydrogens is 242 g/mol. The third-order valence-electron chi connectivity index (χ3n) is 2.58. The Kier molecular flexibility index (Phi) is 3.64. The molecule has 1 saturated heterocycles. The molecule has 2 atom stereocenters. The number of ether oxygens (including phenoxy) is 1. The van der Waals surface area contributed by atoms with Crippen molar-refractivity contribution in [3.05, 3.63) is 35.9 Å². The Labute approximate surface area is 104 Å². The van der Waals surface area contributed by atoms with Crippen molar-refractivity contribution < 1.29 is 14.3 Å². The van der Waals surface area contributed by atoms with Crippen molar-refractivity contribution in [3.63, 3.8) is 0 Å². The lowest BCUT2D eigenvalue weighted by atomic mass is 10.1. The minimum absolute atomic E-state index is 0.253. The van der Waals surface area contributed by atoms with Crippen molar-refractivity contribution in [2.45, 2.75) is 18.6 Å². The van der Waals surface area contributed by atoms with E-state index in [-0.39, 0.29) is 17.9 Å². The van der Waals surface area contributed by atoms with Crippen molar-refractivity contribution in [2.24, 2.45) is 0 Å². The normalized spacial score (nSPS) is 23.2. The van der Waals surface area contributed by atoms with Crippen LogP contribution in [-0.4, -0.2) is 29.9 Å². The van der Waals surface area contributed by atoms with Gasteiger partial charge in [-0.3, -0.25) is 4.79 Å². The van der Waals surface area contributed by atoms with Gasteiger partial charge in [0.1, 0.15) is 12.1 Å². The summed E-state index contributed by atoms with van der Waals surface area (Å²) in [6, 6.07) is 8.15. The van der Waals surface area contributed by atoms with Gasteiger partial charge in [0.25, 0.3) is 5.91 Å². The van der Waals surface area contributed by atoms with Crippen LogP contribution in [0.5, 0.6) is 0 Å². The Morgan fingerprint density at radius 1 is 1.41 bits per heavy atom. The number of benzene rings is 1. The predicted octanol–water partition coefficient (Wildman–Crippen LogP) is 1.34. The molecule has 0 radical (unpaired) electrons. The van der Waals surface area contributed by atoms with E-state index in [1.165, 1.54) is 0 Å². The fourth-order valence-corrected chi connectivity index (χ4v) is 1.89. The number of carbonyl (C=O) groups is 2. The van der Waals surface area contributed by atoms with Gasteiger partial charge in [-0.25, -0.2) is 4.79 Å². The third-order valence-corrected chi connectivity index (χ3v) is 2.92. The number of rotatable bonds is 3. The monoisotopic (exact) mass is 253 g/mol. The molecule has 4 nitrogen and oxygen atoms in total. The van der Waals surface area contributed by atoms with E-state index in [0.717, 1.165) is 0 Å². The number of hydrogen-bond acceptors (Lipinski definition) is 3. The summed E-state index contributed by atoms with van der Waals surface area (Å²) >= 11 is 5.60. The summed E-state index contributed by atoms with van der Waals surface area (Å²) in [5.41, 5.74) is 0.523. The summed E-state index contributed by atoms with van der Waals surface area (Å²) < 4.78 is 4.97. The molecule has 2 rings (SSSR count). The van der Waals surface area contributed by atoms with Crippen LogP contribution < -0.4 is 5.32 Å². The van der Waals surface area contributed by atoms with Crippen molar-refractivity contribution >= 4 is 23.5 Å². The lowest BCUT2D eigenvalue weighted by molar-refractivity contribution is -0.142. The van der Waals surface area contributed by atoms with Crippen molar-refractivity contribution in [2.75, 3.05) is 5.88 Å². The second kappa shape index (κ2) is 5.19. The first-order valence-electron chi connectivity index (χ1n) is 5.33. The van der Waals surface area contributed by atoms with Crippen LogP contribution >= 0.6 is 11.6 Å². The van der Waals surface area contributed by atoms with E-state index in [2.05, 4.69) is 5.32 Å². The highest BCUT2D eigenvalue weighted by molar-refractivity contribution is 6.18. The van der Waals surface area contributed by atoms with Gasteiger partial charge in [0, 0.05) is 12.0 Å². The number of carbonyl (C=O) groups excluding carboxylic acids is 2. The number of hydrogen-bond donors (Lipinski definition) is 1. The van der Waals surface area contributed by atoms with Crippen LogP contribution in [0.1, 0.15) is 16.8 Å². The first-order valence-corrected chi connectivity index (χ1v) is 5.86. The molecule has 1 aromatic rings. The van der Waals surface area contributed by atoms with Gasteiger partial charge in [-0.05, 0) is 12.1 Å². The van der Waals surface area contributed by atoms with Gasteiger partial charge in [-0.2, -0.15) is 0 Å². The predicted molar refractivity (Wildman–Crippen MR) is 62.9 cm³/mol. The van der Waals surface area contributed by atoms with Gasteiger partial charge in [0.15, 0.2) is 0 Å². The second-order valence-electron chi connectivity index (χ2n) is 3.84. The molecule has 1 heterocycles. The standard InChI is InChI=1S/C12H12ClNO3/c13-7-9-6-10(12(16)17-9)14-11(15)8-4-2-1-3-5-8/h1-5,9-10H,6-7H2,(H,14,15)/t9-,10-/m1/s1. The Morgan fingerprint density at radius 2 is 2.12 bits per heavy atom. The zero-order valence-corrected chi connectivity index (χ0v) is 9.81. The van der Waals surface area contributed by atoms with Gasteiger partial charge in [0.05, 0.1) is 5.88 Å². The molecular formula is C12H12ClNO3. The average molecular weight is 254 g/mol. The van der Waals surface area contributed by atoms with Gasteiger partial charge in [0.2, 0.25) is 0 Å². The van der Waals surface area contributed by atoms with Crippen molar-refractivity contribution in [3.8, 4) is 0 Å². The molecule has 1 aliphatic rings. The largest absolute Gasteiger partial charge is 0.459 e. The van der Waals surface area contributed by atoms with Crippen LogP contribution in [0.4, 0.5) is 0 Å². The molecule has 0 saturated carbocycles. The van der Waals surface area contributed by atoms with Crippen LogP contribution in [0, 0.1) is 0 Å². The minimum atomic E-state index is -0.591. The van der Waals surface area contributed by atoms with E-state index in [1.807, 2.05) is 6.07 Å². The molecule has 17 heavy (non-hydrogen) atoms. The van der Waals surface area contributed by atoms with Crippen LogP contribution in [0.2, 0.25) is 0 Å². The Morgan fingerprint density at radius 3 is 2.71 bits per heavy atom. The highest BCUT2D eigenvalue weighted by Gasteiger charge is 2.34. The average Bonchev–Trinajstić information content (AvgIpc) is 2.71. The number of cyclic esters (lactones) is 1. The van der Waals surface area contributed by atoms with Gasteiger partial charge in [-0.1, -0.05) is 18.2 Å². The molecule has 90 valence electrons. The summed E-state index contributed by atoms with van der Waals surface area (Å²) in [7, 11) is 0. The fourth-order valence-electron chi connectivity index (χ4n) is 1.70. The lowest BCUT2D eigenvalue weighted by Gasteiger charge is -2.08. The SMILES string of the molecule is O=C(N[C@@H]1C[C@H](CCl)OC1=O)c1ccccc1. The molecule has 0 aliphatic carbocycles. The smallest absolute Gasteiger partial charge is 0.329 e. The number of halogens is 1. The second-order valence-corrected chi connectivity index (χ2v) is 4.15. The zero-order chi connectivity index (χ0) is 12.3. The van der Waals surface area contributed by atoms with Crippen molar-refractivity contribution in [1.82, 2.24) is 5.32 Å². The molecule has 1 aromatic carbocycles. The Balaban J connectivity index is 1.98. The van der Waals surface area contributed by atoms with E-state index in [9.17, 15) is 9.59 Å². The summed E-state index contributed by atoms with van der Waals surface area (Å²) in [5.74, 6) is -0.439. The Bertz CT molecular complexity index is 421. The molecule has 5 heteroatoms. The third kappa shape index (κ3) is 2.77. The van der Waals surface area contributed by atoms with Gasteiger partial charge < -0.3 is 10.1 Å². The number of esters is 1. The lowest BCUT2D eigenvalue weighted by Crippen LogP contribution is -2.38. The van der Waals surface area contributed by atoms with E-state index in [4.69, 9.17) is 16.3 Å². The summed E-state index contributed by atoms with van der Waals surface area (Å²) in [4.78, 5) is 23.2. The van der Waals surface area contributed by atoms with Gasteiger partial charge >= 0.3 is 5.97 Å². The summed E-state index contributed by atoms with van der Waals surface area (Å²) in [6.07, 6.45) is 0.131. The molecule has 1 N–H and O–H groups in total. The minimum Gasteiger partial charge on any atom is -0.459 e. The molecule has 1 aliphatic heterocycles. The van der Waals surface area contributed by atoms with E-state index in [1.54, 1.807) is 24.3 Å². The maximum atomic E-state index is 11.8. The molecule has 1 fully saturated rings. The van der Waals surface area contributed by atoms with Crippen LogP contribution in [-0.2, 0) is 9.53 Å². The maximum Gasteiger partial charge on any atom is 0.329 e. The highest BCUT2D eigenvalue weighted by atomic mass is 35.5. The first kappa shape index (κ1) is 11.9. The van der Waals surface area contributed by atoms with Crippen molar-refractivity contribution in [1.29, 1.82) is 0 Å². The highest BCUT2D eigenvalue weighted by Crippen LogP contribution is 2.16.